The van der Waals surface area contributed by atoms with Crippen LogP contribution in [0.2, 0.25) is 0 Å². The first-order valence-electron chi connectivity index (χ1n) is 6.85. The number of methoxy groups -OCH3 is 1. The molecule has 3 nitrogen and oxygen atoms in total. The second kappa shape index (κ2) is 6.41. The number of hydrogen-bond donors (Lipinski definition) is 0. The molecule has 2 rings (SSSR count). The Bertz CT molecular complexity index is 598. The van der Waals surface area contributed by atoms with Crippen molar-refractivity contribution < 1.29 is 9.15 Å². The molecule has 1 aromatic heterocycles. The molecule has 0 aliphatic carbocycles. The minimum absolute atomic E-state index is 0.276. The Labute approximate surface area is 113 Å². The minimum atomic E-state index is -0.276. The van der Waals surface area contributed by atoms with Crippen LogP contribution in [-0.4, -0.2) is 7.11 Å². The van der Waals surface area contributed by atoms with Gasteiger partial charge in [-0.15, -0.1) is 0 Å². The highest BCUT2D eigenvalue weighted by Crippen LogP contribution is 2.19. The number of rotatable bonds is 6. The third-order valence-electron chi connectivity index (χ3n) is 3.30. The lowest BCUT2D eigenvalue weighted by Gasteiger charge is -2.04. The normalized spacial score (nSPS) is 10.8. The molecule has 0 amide bonds. The number of unbranched alkanes of at least 4 members (excludes halogenated alkanes) is 3. The zero-order chi connectivity index (χ0) is 13.7. The van der Waals surface area contributed by atoms with E-state index in [-0.39, 0.29) is 5.63 Å². The summed E-state index contributed by atoms with van der Waals surface area (Å²) in [7, 11) is 1.59. The molecule has 0 bridgehead atoms. The zero-order valence-electron chi connectivity index (χ0n) is 11.6. The molecular formula is C16H20O3. The number of aryl methyl sites for hydroxylation is 1. The molecule has 0 spiro atoms. The van der Waals surface area contributed by atoms with Crippen LogP contribution in [0.15, 0.2) is 33.5 Å². The van der Waals surface area contributed by atoms with E-state index in [1.54, 1.807) is 13.2 Å². The lowest BCUT2D eigenvalue weighted by Crippen LogP contribution is -2.02. The molecule has 0 N–H and O–H groups in total. The van der Waals surface area contributed by atoms with Gasteiger partial charge in [0.15, 0.2) is 0 Å². The van der Waals surface area contributed by atoms with Crippen LogP contribution in [0.3, 0.4) is 0 Å². The zero-order valence-corrected chi connectivity index (χ0v) is 11.6. The quantitative estimate of drug-likeness (QED) is 0.739. The van der Waals surface area contributed by atoms with Crippen LogP contribution in [0.1, 0.15) is 38.4 Å². The Morgan fingerprint density at radius 3 is 2.74 bits per heavy atom. The van der Waals surface area contributed by atoms with Crippen molar-refractivity contribution in [2.45, 2.75) is 39.0 Å². The maximum atomic E-state index is 11.9. The van der Waals surface area contributed by atoms with Crippen molar-refractivity contribution in [3.8, 4) is 5.75 Å². The smallest absolute Gasteiger partial charge is 0.343 e. The highest BCUT2D eigenvalue weighted by Gasteiger charge is 2.06. The van der Waals surface area contributed by atoms with Gasteiger partial charge in [0.25, 0.3) is 0 Å². The largest absolute Gasteiger partial charge is 0.497 e. The van der Waals surface area contributed by atoms with Gasteiger partial charge in [0, 0.05) is 6.42 Å². The fourth-order valence-electron chi connectivity index (χ4n) is 2.19. The molecule has 0 aliphatic heterocycles. The Hall–Kier alpha value is -1.77. The van der Waals surface area contributed by atoms with E-state index in [0.717, 1.165) is 24.0 Å². The van der Waals surface area contributed by atoms with Crippen LogP contribution in [0, 0.1) is 0 Å². The maximum absolute atomic E-state index is 11.9. The van der Waals surface area contributed by atoms with Crippen molar-refractivity contribution in [2.75, 3.05) is 7.11 Å². The molecule has 2 aromatic rings. The van der Waals surface area contributed by atoms with E-state index >= 15 is 0 Å². The number of ether oxygens (including phenoxy) is 1. The summed E-state index contributed by atoms with van der Waals surface area (Å²) in [6.45, 7) is 2.18. The van der Waals surface area contributed by atoms with Gasteiger partial charge in [-0.05, 0) is 30.0 Å². The number of fused-ring (bicyclic) bond motifs is 1. The van der Waals surface area contributed by atoms with E-state index in [1.807, 2.05) is 18.2 Å². The molecule has 0 radical (unpaired) electrons. The first-order valence-corrected chi connectivity index (χ1v) is 6.85. The Kier molecular flexibility index (Phi) is 4.61. The summed E-state index contributed by atoms with van der Waals surface area (Å²) in [5.74, 6) is 1.45. The van der Waals surface area contributed by atoms with Gasteiger partial charge in [0.2, 0.25) is 0 Å². The van der Waals surface area contributed by atoms with E-state index in [4.69, 9.17) is 9.15 Å². The summed E-state index contributed by atoms with van der Waals surface area (Å²) < 4.78 is 10.5. The molecular weight excluding hydrogens is 240 g/mol. The fourth-order valence-corrected chi connectivity index (χ4v) is 2.19. The standard InChI is InChI=1S/C16H20O3/c1-3-4-5-6-7-14-10-12-8-9-13(18-2)11-15(12)16(17)19-14/h8-11H,3-7H2,1-2H3. The average molecular weight is 260 g/mol. The SMILES string of the molecule is CCCCCCc1cc2ccc(OC)cc2c(=O)o1. The van der Waals surface area contributed by atoms with Crippen LogP contribution in [-0.2, 0) is 6.42 Å². The molecule has 3 heteroatoms. The minimum Gasteiger partial charge on any atom is -0.497 e. The second-order valence-electron chi connectivity index (χ2n) is 4.76. The van der Waals surface area contributed by atoms with Crippen molar-refractivity contribution >= 4 is 10.8 Å². The maximum Gasteiger partial charge on any atom is 0.343 e. The van der Waals surface area contributed by atoms with E-state index in [9.17, 15) is 4.79 Å². The van der Waals surface area contributed by atoms with E-state index < -0.39 is 0 Å². The fraction of sp³-hybridized carbons (Fsp3) is 0.438. The van der Waals surface area contributed by atoms with Gasteiger partial charge in [-0.25, -0.2) is 4.79 Å². The Morgan fingerprint density at radius 2 is 2.00 bits per heavy atom. The van der Waals surface area contributed by atoms with Crippen molar-refractivity contribution in [1.82, 2.24) is 0 Å². The van der Waals surface area contributed by atoms with Crippen molar-refractivity contribution in [3.63, 3.8) is 0 Å². The van der Waals surface area contributed by atoms with Crippen LogP contribution < -0.4 is 10.4 Å². The predicted octanol–water partition coefficient (Wildman–Crippen LogP) is 3.92. The van der Waals surface area contributed by atoms with E-state index in [0.29, 0.717) is 11.1 Å². The van der Waals surface area contributed by atoms with E-state index in [2.05, 4.69) is 6.92 Å². The summed E-state index contributed by atoms with van der Waals surface area (Å²) >= 11 is 0. The molecule has 0 unspecified atom stereocenters. The summed E-state index contributed by atoms with van der Waals surface area (Å²) in [5.41, 5.74) is -0.276. The molecule has 19 heavy (non-hydrogen) atoms. The van der Waals surface area contributed by atoms with Crippen molar-refractivity contribution in [3.05, 3.63) is 40.4 Å². The van der Waals surface area contributed by atoms with Gasteiger partial charge < -0.3 is 9.15 Å². The third-order valence-corrected chi connectivity index (χ3v) is 3.30. The van der Waals surface area contributed by atoms with Gasteiger partial charge in [0.05, 0.1) is 12.5 Å². The number of hydrogen-bond acceptors (Lipinski definition) is 3. The van der Waals surface area contributed by atoms with Crippen LogP contribution in [0.4, 0.5) is 0 Å². The highest BCUT2D eigenvalue weighted by atomic mass is 16.5. The molecule has 1 aromatic carbocycles. The van der Waals surface area contributed by atoms with Gasteiger partial charge in [-0.2, -0.15) is 0 Å². The topological polar surface area (TPSA) is 39.4 Å². The monoisotopic (exact) mass is 260 g/mol. The average Bonchev–Trinajstić information content (AvgIpc) is 2.43. The third kappa shape index (κ3) is 3.37. The summed E-state index contributed by atoms with van der Waals surface area (Å²) in [6, 6.07) is 7.45. The van der Waals surface area contributed by atoms with Gasteiger partial charge in [-0.1, -0.05) is 32.3 Å². The predicted molar refractivity (Wildman–Crippen MR) is 76.9 cm³/mol. The second-order valence-corrected chi connectivity index (χ2v) is 4.76. The van der Waals surface area contributed by atoms with Crippen molar-refractivity contribution in [2.24, 2.45) is 0 Å². The lowest BCUT2D eigenvalue weighted by molar-refractivity contribution is 0.414. The van der Waals surface area contributed by atoms with E-state index in [1.165, 1.54) is 19.3 Å². The Morgan fingerprint density at radius 1 is 1.16 bits per heavy atom. The lowest BCUT2D eigenvalue weighted by atomic mass is 10.1. The molecule has 0 fully saturated rings. The molecule has 102 valence electrons. The first-order chi connectivity index (χ1) is 9.24. The van der Waals surface area contributed by atoms with Crippen molar-refractivity contribution in [1.29, 1.82) is 0 Å². The Balaban J connectivity index is 2.22. The summed E-state index contributed by atoms with van der Waals surface area (Å²) in [6.07, 6.45) is 5.52. The molecule has 0 aliphatic rings. The highest BCUT2D eigenvalue weighted by molar-refractivity contribution is 5.82. The van der Waals surface area contributed by atoms with Crippen LogP contribution >= 0.6 is 0 Å². The van der Waals surface area contributed by atoms with Crippen LogP contribution in [0.25, 0.3) is 10.8 Å². The van der Waals surface area contributed by atoms with Gasteiger partial charge >= 0.3 is 5.63 Å². The molecule has 0 atom stereocenters. The van der Waals surface area contributed by atoms with Gasteiger partial charge in [-0.3, -0.25) is 0 Å². The van der Waals surface area contributed by atoms with Crippen LogP contribution in [0.5, 0.6) is 5.75 Å². The molecule has 0 saturated heterocycles. The molecule has 0 saturated carbocycles. The summed E-state index contributed by atoms with van der Waals surface area (Å²) in [4.78, 5) is 11.9. The number of benzene rings is 1. The van der Waals surface area contributed by atoms with Gasteiger partial charge in [0.1, 0.15) is 11.5 Å². The summed E-state index contributed by atoms with van der Waals surface area (Å²) in [5, 5.41) is 1.50. The first kappa shape index (κ1) is 13.7. The molecule has 1 heterocycles.